The average Bonchev–Trinajstić information content (AvgIpc) is 3.28. The van der Waals surface area contributed by atoms with Gasteiger partial charge < -0.3 is 19.0 Å². The Balaban J connectivity index is 1.55. The number of oxazole rings is 1. The molecule has 0 radical (unpaired) electrons. The van der Waals surface area contributed by atoms with Crippen molar-refractivity contribution in [2.75, 3.05) is 6.61 Å². The zero-order valence-corrected chi connectivity index (χ0v) is 13.2. The number of carbonyl (C=O) groups is 1. The summed E-state index contributed by atoms with van der Waals surface area (Å²) in [5.74, 6) is 1.81. The predicted molar refractivity (Wildman–Crippen MR) is 83.6 cm³/mol. The van der Waals surface area contributed by atoms with Crippen molar-refractivity contribution in [3.8, 4) is 17.0 Å². The Labute approximate surface area is 137 Å². The normalized spacial score (nSPS) is 15.8. The third kappa shape index (κ3) is 2.54. The summed E-state index contributed by atoms with van der Waals surface area (Å²) in [7, 11) is 0. The zero-order valence-electron chi connectivity index (χ0n) is 13.2. The van der Waals surface area contributed by atoms with Crippen molar-refractivity contribution in [1.82, 2.24) is 15.5 Å². The number of hydrogen-bond acceptors (Lipinski definition) is 6. The zero-order chi connectivity index (χ0) is 16.7. The number of fused-ring (bicyclic) bond motifs is 1. The molecule has 0 bridgehead atoms. The van der Waals surface area contributed by atoms with Crippen LogP contribution in [0.3, 0.4) is 0 Å². The van der Waals surface area contributed by atoms with Crippen molar-refractivity contribution in [2.24, 2.45) is 0 Å². The van der Waals surface area contributed by atoms with E-state index in [9.17, 15) is 4.79 Å². The van der Waals surface area contributed by atoms with Crippen LogP contribution in [0.2, 0.25) is 0 Å². The second kappa shape index (κ2) is 5.52. The fraction of sp³-hybridized carbons (Fsp3) is 0.235. The minimum absolute atomic E-state index is 0.190. The third-order valence-corrected chi connectivity index (χ3v) is 3.87. The second-order valence-electron chi connectivity index (χ2n) is 5.66. The topological polar surface area (TPSA) is 90.4 Å². The Morgan fingerprint density at radius 3 is 2.88 bits per heavy atom. The van der Waals surface area contributed by atoms with Gasteiger partial charge in [0.15, 0.2) is 5.89 Å². The summed E-state index contributed by atoms with van der Waals surface area (Å²) in [6.45, 7) is 3.91. The largest absolute Gasteiger partial charge is 0.491 e. The highest BCUT2D eigenvalue weighted by Gasteiger charge is 2.27. The van der Waals surface area contributed by atoms with E-state index < -0.39 is 0 Å². The molecule has 0 saturated heterocycles. The van der Waals surface area contributed by atoms with Crippen molar-refractivity contribution in [3.63, 3.8) is 0 Å². The fourth-order valence-corrected chi connectivity index (χ4v) is 2.69. The van der Waals surface area contributed by atoms with Crippen LogP contribution < -0.4 is 10.1 Å². The van der Waals surface area contributed by atoms with E-state index >= 15 is 0 Å². The van der Waals surface area contributed by atoms with Crippen LogP contribution in [0.1, 0.15) is 33.8 Å². The third-order valence-electron chi connectivity index (χ3n) is 3.87. The van der Waals surface area contributed by atoms with Gasteiger partial charge in [-0.1, -0.05) is 17.3 Å². The number of carbonyl (C=O) groups excluding carboxylic acids is 1. The number of nitrogens with one attached hydrogen (secondary N) is 1. The van der Waals surface area contributed by atoms with Crippen molar-refractivity contribution in [3.05, 3.63) is 53.4 Å². The number of rotatable bonds is 3. The Bertz CT molecular complexity index is 912. The summed E-state index contributed by atoms with van der Waals surface area (Å²) in [5.41, 5.74) is 2.58. The number of aryl methyl sites for hydroxylation is 2. The minimum atomic E-state index is -0.312. The van der Waals surface area contributed by atoms with Crippen LogP contribution in [0.5, 0.6) is 5.75 Å². The standard InChI is InChI=1S/C17H15N3O4/c1-9-5-13(20-24-9)11-3-4-12-14(8-22-15(12)6-11)19-17(21)16-7-18-10(2)23-16/h3-7,14H,8H2,1-2H3,(H,19,21)/t14-/m1/s1. The van der Waals surface area contributed by atoms with Crippen molar-refractivity contribution < 1.29 is 18.5 Å². The summed E-state index contributed by atoms with van der Waals surface area (Å²) in [6.07, 6.45) is 1.41. The number of aromatic nitrogens is 2. The molecule has 3 aromatic rings. The van der Waals surface area contributed by atoms with Crippen LogP contribution in [0.4, 0.5) is 0 Å². The monoisotopic (exact) mass is 325 g/mol. The first kappa shape index (κ1) is 14.5. The number of benzene rings is 1. The summed E-state index contributed by atoms with van der Waals surface area (Å²) in [4.78, 5) is 16.1. The lowest BCUT2D eigenvalue weighted by Crippen LogP contribution is -2.29. The molecule has 7 nitrogen and oxygen atoms in total. The molecule has 24 heavy (non-hydrogen) atoms. The molecule has 0 saturated carbocycles. The maximum atomic E-state index is 12.2. The molecule has 0 aliphatic carbocycles. The minimum Gasteiger partial charge on any atom is -0.491 e. The van der Waals surface area contributed by atoms with Crippen LogP contribution in [-0.2, 0) is 0 Å². The maximum Gasteiger partial charge on any atom is 0.289 e. The van der Waals surface area contributed by atoms with Crippen molar-refractivity contribution >= 4 is 5.91 Å². The van der Waals surface area contributed by atoms with Gasteiger partial charge in [-0.25, -0.2) is 4.98 Å². The van der Waals surface area contributed by atoms with Gasteiger partial charge in [0.25, 0.3) is 5.91 Å². The molecule has 0 spiro atoms. The Kier molecular flexibility index (Phi) is 3.34. The molecule has 1 N–H and O–H groups in total. The van der Waals surface area contributed by atoms with Gasteiger partial charge in [0.05, 0.1) is 12.2 Å². The smallest absolute Gasteiger partial charge is 0.289 e. The maximum absolute atomic E-state index is 12.2. The van der Waals surface area contributed by atoms with Gasteiger partial charge in [0.1, 0.15) is 23.8 Å². The molecule has 2 aromatic heterocycles. The second-order valence-corrected chi connectivity index (χ2v) is 5.66. The van der Waals surface area contributed by atoms with Gasteiger partial charge >= 0.3 is 0 Å². The molecule has 1 atom stereocenters. The van der Waals surface area contributed by atoms with E-state index in [-0.39, 0.29) is 17.7 Å². The molecule has 3 heterocycles. The number of hydrogen-bond donors (Lipinski definition) is 1. The molecule has 122 valence electrons. The van der Waals surface area contributed by atoms with Gasteiger partial charge in [0.2, 0.25) is 5.76 Å². The lowest BCUT2D eigenvalue weighted by molar-refractivity contribution is 0.0901. The van der Waals surface area contributed by atoms with E-state index in [2.05, 4.69) is 15.5 Å². The first-order valence-corrected chi connectivity index (χ1v) is 7.54. The van der Waals surface area contributed by atoms with E-state index in [0.29, 0.717) is 12.5 Å². The van der Waals surface area contributed by atoms with Gasteiger partial charge in [-0.05, 0) is 13.0 Å². The molecule has 4 rings (SSSR count). The number of ether oxygens (including phenoxy) is 1. The Morgan fingerprint density at radius 1 is 1.29 bits per heavy atom. The fourth-order valence-electron chi connectivity index (χ4n) is 2.69. The lowest BCUT2D eigenvalue weighted by Gasteiger charge is -2.10. The highest BCUT2D eigenvalue weighted by molar-refractivity contribution is 5.91. The molecular weight excluding hydrogens is 310 g/mol. The summed E-state index contributed by atoms with van der Waals surface area (Å²) < 4.78 is 16.0. The lowest BCUT2D eigenvalue weighted by atomic mass is 10.0. The molecule has 0 unspecified atom stereocenters. The molecule has 1 aliphatic rings. The first-order valence-electron chi connectivity index (χ1n) is 7.54. The summed E-state index contributed by atoms with van der Waals surface area (Å²) in [5, 5.41) is 6.90. The van der Waals surface area contributed by atoms with Crippen LogP contribution in [-0.4, -0.2) is 22.7 Å². The van der Waals surface area contributed by atoms with Crippen molar-refractivity contribution in [1.29, 1.82) is 0 Å². The molecule has 1 amide bonds. The van der Waals surface area contributed by atoms with Gasteiger partial charge in [-0.3, -0.25) is 4.79 Å². The van der Waals surface area contributed by atoms with Crippen molar-refractivity contribution in [2.45, 2.75) is 19.9 Å². The van der Waals surface area contributed by atoms with E-state index in [1.807, 2.05) is 31.2 Å². The molecule has 1 aromatic carbocycles. The highest BCUT2D eigenvalue weighted by atomic mass is 16.5. The number of amides is 1. The average molecular weight is 325 g/mol. The van der Waals surface area contributed by atoms with Crippen LogP contribution in [0.15, 0.2) is 39.4 Å². The van der Waals surface area contributed by atoms with Gasteiger partial charge in [-0.15, -0.1) is 0 Å². The molecule has 1 aliphatic heterocycles. The molecule has 0 fully saturated rings. The van der Waals surface area contributed by atoms with Gasteiger partial charge in [-0.2, -0.15) is 0 Å². The number of nitrogens with zero attached hydrogens (tertiary/aromatic N) is 2. The predicted octanol–water partition coefficient (Wildman–Crippen LogP) is 2.81. The van der Waals surface area contributed by atoms with E-state index in [4.69, 9.17) is 13.7 Å². The Morgan fingerprint density at radius 2 is 2.17 bits per heavy atom. The molecule has 7 heteroatoms. The quantitative estimate of drug-likeness (QED) is 0.796. The SMILES string of the molecule is Cc1cc(-c2ccc3c(c2)OC[C@H]3NC(=O)c2cnc(C)o2)no1. The van der Waals surface area contributed by atoms with E-state index in [0.717, 1.165) is 28.3 Å². The van der Waals surface area contributed by atoms with Crippen LogP contribution >= 0.6 is 0 Å². The summed E-state index contributed by atoms with van der Waals surface area (Å²) >= 11 is 0. The van der Waals surface area contributed by atoms with Crippen LogP contribution in [0, 0.1) is 13.8 Å². The van der Waals surface area contributed by atoms with E-state index in [1.54, 1.807) is 6.92 Å². The Hall–Kier alpha value is -3.09. The summed E-state index contributed by atoms with van der Waals surface area (Å²) in [6, 6.07) is 7.39. The highest BCUT2D eigenvalue weighted by Crippen LogP contribution is 2.35. The first-order chi connectivity index (χ1) is 11.6. The molecular formula is C17H15N3O4. The van der Waals surface area contributed by atoms with Gasteiger partial charge in [0, 0.05) is 24.1 Å². The van der Waals surface area contributed by atoms with Crippen LogP contribution in [0.25, 0.3) is 11.3 Å². The van der Waals surface area contributed by atoms with E-state index in [1.165, 1.54) is 6.20 Å².